The van der Waals surface area contributed by atoms with E-state index >= 15 is 0 Å². The number of anilines is 1. The number of benzene rings is 1. The van der Waals surface area contributed by atoms with E-state index in [0.29, 0.717) is 18.5 Å². The Morgan fingerprint density at radius 2 is 2.00 bits per heavy atom. The number of carboxylic acids is 1. The number of methoxy groups -OCH3 is 1. The van der Waals surface area contributed by atoms with Gasteiger partial charge in [-0.3, -0.25) is 9.80 Å². The lowest BCUT2D eigenvalue weighted by molar-refractivity contribution is -0.141. The summed E-state index contributed by atoms with van der Waals surface area (Å²) in [6, 6.07) is 6.29. The molecule has 2 unspecified atom stereocenters. The highest BCUT2D eigenvalue weighted by molar-refractivity contribution is 5.97. The topological polar surface area (TPSA) is 82.4 Å². The molecule has 1 aromatic carbocycles. The number of likely N-dealkylation sites (tertiary alicyclic amines) is 1. The molecule has 7 heteroatoms. The second-order valence-electron chi connectivity index (χ2n) is 6.16. The average Bonchev–Trinajstić information content (AvgIpc) is 3.20. The monoisotopic (exact) mass is 331 g/mol. The first-order chi connectivity index (χ1) is 11.5. The summed E-state index contributed by atoms with van der Waals surface area (Å²) in [6.07, 6.45) is 1.01. The molecular formula is C17H21N3O4. The van der Waals surface area contributed by atoms with Crippen LogP contribution in [0.25, 0.3) is 0 Å². The molecular weight excluding hydrogens is 310 g/mol. The van der Waals surface area contributed by atoms with Crippen molar-refractivity contribution in [2.75, 3.05) is 25.2 Å². The van der Waals surface area contributed by atoms with Gasteiger partial charge in [0.05, 0.1) is 11.8 Å². The molecule has 1 saturated heterocycles. The summed E-state index contributed by atoms with van der Waals surface area (Å²) in [7, 11) is 1.53. The van der Waals surface area contributed by atoms with Crippen LogP contribution in [0.1, 0.15) is 30.1 Å². The second kappa shape index (κ2) is 6.60. The van der Waals surface area contributed by atoms with Crippen LogP contribution < -0.4 is 5.01 Å². The summed E-state index contributed by atoms with van der Waals surface area (Å²) in [4.78, 5) is 25.4. The molecule has 0 aromatic heterocycles. The smallest absolute Gasteiger partial charge is 0.326 e. The number of nitrogens with zero attached hydrogens (tertiary/aromatic N) is 3. The highest BCUT2D eigenvalue weighted by Crippen LogP contribution is 2.25. The lowest BCUT2D eigenvalue weighted by Gasteiger charge is -2.21. The van der Waals surface area contributed by atoms with Crippen molar-refractivity contribution in [3.8, 4) is 0 Å². The number of rotatable bonds is 4. The minimum Gasteiger partial charge on any atom is -0.480 e. The molecule has 2 heterocycles. The maximum Gasteiger partial charge on any atom is 0.326 e. The van der Waals surface area contributed by atoms with E-state index in [1.165, 1.54) is 12.0 Å². The molecule has 0 bridgehead atoms. The minimum atomic E-state index is -0.999. The molecule has 2 atom stereocenters. The standard InChI is InChI=1S/C17H21N3O4/c1-11-7-8-20(18-11)13-5-3-12(4-6-13)16(21)19-10-14(24-2)9-15(19)17(22)23/h3-6,14-15H,7-10H2,1-2H3,(H,22,23). The number of hydrogen-bond acceptors (Lipinski definition) is 5. The van der Waals surface area contributed by atoms with Crippen LogP contribution in [0.2, 0.25) is 0 Å². The zero-order valence-corrected chi connectivity index (χ0v) is 13.8. The number of aliphatic carboxylic acids is 1. The highest BCUT2D eigenvalue weighted by atomic mass is 16.5. The van der Waals surface area contributed by atoms with Crippen LogP contribution in [0.15, 0.2) is 29.4 Å². The van der Waals surface area contributed by atoms with Gasteiger partial charge in [0.1, 0.15) is 6.04 Å². The maximum atomic E-state index is 12.7. The number of hydrazone groups is 1. The van der Waals surface area contributed by atoms with Crippen LogP contribution in [0.3, 0.4) is 0 Å². The van der Waals surface area contributed by atoms with Gasteiger partial charge in [-0.15, -0.1) is 0 Å². The number of hydrogen-bond donors (Lipinski definition) is 1. The van der Waals surface area contributed by atoms with E-state index in [2.05, 4.69) is 5.10 Å². The van der Waals surface area contributed by atoms with Gasteiger partial charge in [0.2, 0.25) is 0 Å². The van der Waals surface area contributed by atoms with Gasteiger partial charge in [-0.05, 0) is 31.2 Å². The summed E-state index contributed by atoms with van der Waals surface area (Å²) < 4.78 is 5.23. The molecule has 2 aliphatic rings. The molecule has 0 saturated carbocycles. The third kappa shape index (κ3) is 3.12. The largest absolute Gasteiger partial charge is 0.480 e. The van der Waals surface area contributed by atoms with Crippen LogP contribution >= 0.6 is 0 Å². The first-order valence-electron chi connectivity index (χ1n) is 7.98. The van der Waals surface area contributed by atoms with Gasteiger partial charge in [-0.25, -0.2) is 4.79 Å². The number of ether oxygens (including phenoxy) is 1. The fourth-order valence-corrected chi connectivity index (χ4v) is 3.13. The quantitative estimate of drug-likeness (QED) is 0.906. The number of amides is 1. The molecule has 1 fully saturated rings. The molecule has 2 aliphatic heterocycles. The van der Waals surface area contributed by atoms with Crippen molar-refractivity contribution in [2.24, 2.45) is 5.10 Å². The predicted molar refractivity (Wildman–Crippen MR) is 89.4 cm³/mol. The van der Waals surface area contributed by atoms with Crippen molar-refractivity contribution in [1.82, 2.24) is 4.90 Å². The van der Waals surface area contributed by atoms with Gasteiger partial charge in [0.15, 0.2) is 0 Å². The van der Waals surface area contributed by atoms with Crippen molar-refractivity contribution in [1.29, 1.82) is 0 Å². The third-order valence-electron chi connectivity index (χ3n) is 4.53. The molecule has 1 N–H and O–H groups in total. The molecule has 3 rings (SSSR count). The van der Waals surface area contributed by atoms with Crippen molar-refractivity contribution >= 4 is 23.3 Å². The van der Waals surface area contributed by atoms with Gasteiger partial charge in [-0.1, -0.05) is 0 Å². The lowest BCUT2D eigenvalue weighted by Crippen LogP contribution is -2.40. The summed E-state index contributed by atoms with van der Waals surface area (Å²) in [5.41, 5.74) is 2.48. The van der Waals surface area contributed by atoms with Gasteiger partial charge in [-0.2, -0.15) is 5.10 Å². The van der Waals surface area contributed by atoms with E-state index in [0.717, 1.165) is 24.4 Å². The predicted octanol–water partition coefficient (Wildman–Crippen LogP) is 1.59. The Labute approximate surface area is 140 Å². The van der Waals surface area contributed by atoms with Crippen LogP contribution in [-0.4, -0.2) is 59.9 Å². The Morgan fingerprint density at radius 1 is 1.29 bits per heavy atom. The van der Waals surface area contributed by atoms with Gasteiger partial charge in [0, 0.05) is 44.3 Å². The fraction of sp³-hybridized carbons (Fsp3) is 0.471. The zero-order chi connectivity index (χ0) is 17.3. The molecule has 0 spiro atoms. The van der Waals surface area contributed by atoms with Crippen molar-refractivity contribution in [3.05, 3.63) is 29.8 Å². The highest BCUT2D eigenvalue weighted by Gasteiger charge is 2.40. The Hall–Kier alpha value is -2.41. The van der Waals surface area contributed by atoms with Gasteiger partial charge >= 0.3 is 5.97 Å². The van der Waals surface area contributed by atoms with E-state index in [1.807, 2.05) is 24.1 Å². The SMILES string of the molecule is COC1CC(C(=O)O)N(C(=O)c2ccc(N3CCC(C)=N3)cc2)C1. The van der Waals surface area contributed by atoms with Crippen LogP contribution in [0, 0.1) is 0 Å². The molecule has 1 aromatic rings. The summed E-state index contributed by atoms with van der Waals surface area (Å²) in [5.74, 6) is -1.28. The molecule has 0 radical (unpaired) electrons. The number of carbonyl (C=O) groups excluding carboxylic acids is 1. The fourth-order valence-electron chi connectivity index (χ4n) is 3.13. The average molecular weight is 331 g/mol. The second-order valence-corrected chi connectivity index (χ2v) is 6.16. The number of carbonyl (C=O) groups is 2. The van der Waals surface area contributed by atoms with Crippen LogP contribution in [0.4, 0.5) is 5.69 Å². The Balaban J connectivity index is 1.76. The minimum absolute atomic E-state index is 0.240. The van der Waals surface area contributed by atoms with E-state index in [4.69, 9.17) is 4.74 Å². The lowest BCUT2D eigenvalue weighted by atomic mass is 10.1. The van der Waals surface area contributed by atoms with Gasteiger partial charge in [0.25, 0.3) is 5.91 Å². The van der Waals surface area contributed by atoms with E-state index in [-0.39, 0.29) is 12.0 Å². The molecule has 0 aliphatic carbocycles. The Kier molecular flexibility index (Phi) is 4.53. The van der Waals surface area contributed by atoms with Crippen molar-refractivity contribution in [2.45, 2.75) is 31.9 Å². The van der Waals surface area contributed by atoms with Gasteiger partial charge < -0.3 is 14.7 Å². The maximum absolute atomic E-state index is 12.7. The summed E-state index contributed by atoms with van der Waals surface area (Å²) >= 11 is 0. The third-order valence-corrected chi connectivity index (χ3v) is 4.53. The molecule has 128 valence electrons. The van der Waals surface area contributed by atoms with Crippen LogP contribution in [0.5, 0.6) is 0 Å². The normalized spacial score (nSPS) is 23.5. The first kappa shape index (κ1) is 16.4. The van der Waals surface area contributed by atoms with E-state index in [9.17, 15) is 14.7 Å². The molecule has 24 heavy (non-hydrogen) atoms. The first-order valence-corrected chi connectivity index (χ1v) is 7.98. The summed E-state index contributed by atoms with van der Waals surface area (Å²) in [6.45, 7) is 3.12. The molecule has 1 amide bonds. The van der Waals surface area contributed by atoms with Crippen molar-refractivity contribution < 1.29 is 19.4 Å². The number of carboxylic acid groups (broad SMARTS) is 1. The van der Waals surface area contributed by atoms with E-state index in [1.54, 1.807) is 12.1 Å². The van der Waals surface area contributed by atoms with Crippen molar-refractivity contribution in [3.63, 3.8) is 0 Å². The Morgan fingerprint density at radius 3 is 2.54 bits per heavy atom. The van der Waals surface area contributed by atoms with E-state index < -0.39 is 12.0 Å². The Bertz CT molecular complexity index is 671. The summed E-state index contributed by atoms with van der Waals surface area (Å²) in [5, 5.41) is 15.7. The van der Waals surface area contributed by atoms with Crippen LogP contribution in [-0.2, 0) is 9.53 Å². The zero-order valence-electron chi connectivity index (χ0n) is 13.8. The molecule has 7 nitrogen and oxygen atoms in total.